The van der Waals surface area contributed by atoms with Gasteiger partial charge in [-0.2, -0.15) is 0 Å². The van der Waals surface area contributed by atoms with Gasteiger partial charge in [0.2, 0.25) is 5.91 Å². The van der Waals surface area contributed by atoms with E-state index in [1.54, 1.807) is 21.9 Å². The van der Waals surface area contributed by atoms with Gasteiger partial charge in [-0.15, -0.1) is 0 Å². The number of carbonyl (C=O) groups excluding carboxylic acids is 2. The van der Waals surface area contributed by atoms with Crippen molar-refractivity contribution in [3.05, 3.63) is 59.9 Å². The highest BCUT2D eigenvalue weighted by atomic mass is 19.1. The first-order chi connectivity index (χ1) is 14.1. The van der Waals surface area contributed by atoms with Crippen molar-refractivity contribution < 1.29 is 19.1 Å². The Balaban J connectivity index is 1.47. The van der Waals surface area contributed by atoms with Crippen LogP contribution in [0, 0.1) is 11.7 Å². The van der Waals surface area contributed by atoms with Crippen LogP contribution in [0.5, 0.6) is 0 Å². The second kappa shape index (κ2) is 6.84. The van der Waals surface area contributed by atoms with Gasteiger partial charge in [0.15, 0.2) is 0 Å². The van der Waals surface area contributed by atoms with Crippen LogP contribution >= 0.6 is 0 Å². The number of aliphatic hydroxyl groups excluding tert-OH is 1. The molecule has 2 aromatic rings. The number of anilines is 2. The predicted octanol–water partition coefficient (Wildman–Crippen LogP) is 2.94. The highest BCUT2D eigenvalue weighted by Gasteiger charge is 2.57. The third kappa shape index (κ3) is 2.88. The van der Waals surface area contributed by atoms with Gasteiger partial charge >= 0.3 is 6.03 Å². The van der Waals surface area contributed by atoms with Crippen LogP contribution < -0.4 is 10.2 Å². The molecule has 2 aliphatic heterocycles. The molecule has 2 aromatic carbocycles. The van der Waals surface area contributed by atoms with Crippen LogP contribution in [0.25, 0.3) is 0 Å². The van der Waals surface area contributed by atoms with E-state index >= 15 is 0 Å². The molecule has 1 aliphatic carbocycles. The maximum Gasteiger partial charge on any atom is 0.326 e. The van der Waals surface area contributed by atoms with Crippen molar-refractivity contribution in [1.29, 1.82) is 0 Å². The Labute approximate surface area is 167 Å². The smallest absolute Gasteiger partial charge is 0.326 e. The lowest BCUT2D eigenvalue weighted by Gasteiger charge is -2.59. The Bertz CT molecular complexity index is 977. The Hall–Kier alpha value is -2.93. The van der Waals surface area contributed by atoms with Crippen molar-refractivity contribution in [2.24, 2.45) is 5.92 Å². The van der Waals surface area contributed by atoms with Crippen molar-refractivity contribution in [2.45, 2.75) is 30.8 Å². The topological polar surface area (TPSA) is 72.9 Å². The lowest BCUT2D eigenvalue weighted by molar-refractivity contribution is -0.151. The summed E-state index contributed by atoms with van der Waals surface area (Å²) in [7, 11) is 0. The molecule has 2 heterocycles. The number of para-hydroxylation sites is 2. The zero-order valence-corrected chi connectivity index (χ0v) is 15.8. The van der Waals surface area contributed by atoms with E-state index in [4.69, 9.17) is 0 Å². The quantitative estimate of drug-likeness (QED) is 0.839. The highest BCUT2D eigenvalue weighted by molar-refractivity contribution is 6.03. The van der Waals surface area contributed by atoms with Gasteiger partial charge in [0, 0.05) is 24.1 Å². The molecule has 5 rings (SSSR count). The predicted molar refractivity (Wildman–Crippen MR) is 106 cm³/mol. The van der Waals surface area contributed by atoms with Gasteiger partial charge in [-0.05, 0) is 36.6 Å². The number of halogens is 1. The van der Waals surface area contributed by atoms with E-state index in [1.807, 2.05) is 24.3 Å². The molecule has 0 radical (unpaired) electrons. The molecule has 0 bridgehead atoms. The van der Waals surface area contributed by atoms with Crippen molar-refractivity contribution in [1.82, 2.24) is 4.90 Å². The minimum atomic E-state index is -0.501. The van der Waals surface area contributed by atoms with Crippen LogP contribution in [0.3, 0.4) is 0 Å². The summed E-state index contributed by atoms with van der Waals surface area (Å²) in [5, 5.41) is 12.6. The van der Waals surface area contributed by atoms with E-state index in [0.717, 1.165) is 24.1 Å². The number of aliphatic hydroxyl groups is 1. The van der Waals surface area contributed by atoms with Crippen LogP contribution in [-0.4, -0.2) is 47.2 Å². The molecule has 2 N–H and O–H groups in total. The van der Waals surface area contributed by atoms with Crippen LogP contribution in [0.15, 0.2) is 48.5 Å². The first kappa shape index (κ1) is 18.1. The molecular formula is C22H22FN3O3. The van der Waals surface area contributed by atoms with E-state index in [2.05, 4.69) is 5.32 Å². The highest BCUT2D eigenvalue weighted by Crippen LogP contribution is 2.50. The molecule has 2 fully saturated rings. The third-order valence-corrected chi connectivity index (χ3v) is 6.23. The molecule has 3 aliphatic rings. The Morgan fingerprint density at radius 2 is 1.83 bits per heavy atom. The number of carbonyl (C=O) groups is 2. The zero-order valence-electron chi connectivity index (χ0n) is 15.8. The molecule has 3 atom stereocenters. The number of nitrogens with one attached hydrogen (secondary N) is 1. The fourth-order valence-corrected chi connectivity index (χ4v) is 4.67. The number of rotatable bonds is 3. The van der Waals surface area contributed by atoms with Gasteiger partial charge in [0.1, 0.15) is 5.82 Å². The maximum absolute atomic E-state index is 14.0. The fourth-order valence-electron chi connectivity index (χ4n) is 4.67. The van der Waals surface area contributed by atoms with E-state index in [1.165, 1.54) is 12.1 Å². The summed E-state index contributed by atoms with van der Waals surface area (Å²) in [6.45, 7) is 0.215. The lowest BCUT2D eigenvalue weighted by atomic mass is 9.71. The van der Waals surface area contributed by atoms with Gasteiger partial charge < -0.3 is 15.3 Å². The van der Waals surface area contributed by atoms with Crippen molar-refractivity contribution in [2.75, 3.05) is 23.4 Å². The molecule has 3 amide bonds. The van der Waals surface area contributed by atoms with Crippen LogP contribution in [0.4, 0.5) is 20.6 Å². The molecular weight excluding hydrogens is 373 g/mol. The molecule has 0 spiro atoms. The Morgan fingerprint density at radius 3 is 2.55 bits per heavy atom. The first-order valence-electron chi connectivity index (χ1n) is 9.95. The second-order valence-electron chi connectivity index (χ2n) is 7.94. The fraction of sp³-hybridized carbons (Fsp3) is 0.364. The number of hydrogen-bond acceptors (Lipinski definition) is 3. The monoisotopic (exact) mass is 395 g/mol. The Morgan fingerprint density at radius 1 is 1.10 bits per heavy atom. The summed E-state index contributed by atoms with van der Waals surface area (Å²) in [4.78, 5) is 29.1. The number of urea groups is 1. The number of likely N-dealkylation sites (tertiary alicyclic amines) is 1. The number of nitrogens with zero attached hydrogens (tertiary/aromatic N) is 2. The van der Waals surface area contributed by atoms with E-state index in [9.17, 15) is 19.1 Å². The van der Waals surface area contributed by atoms with Crippen molar-refractivity contribution in [3.8, 4) is 0 Å². The van der Waals surface area contributed by atoms with Crippen molar-refractivity contribution in [3.63, 3.8) is 0 Å². The summed E-state index contributed by atoms with van der Waals surface area (Å²) in [5.74, 6) is -0.392. The molecule has 0 aromatic heterocycles. The molecule has 1 saturated heterocycles. The van der Waals surface area contributed by atoms with Crippen LogP contribution in [0.2, 0.25) is 0 Å². The first-order valence-corrected chi connectivity index (χ1v) is 9.95. The van der Waals surface area contributed by atoms with E-state index < -0.39 is 11.8 Å². The van der Waals surface area contributed by atoms with Gasteiger partial charge in [-0.3, -0.25) is 9.69 Å². The maximum atomic E-state index is 14.0. The zero-order chi connectivity index (χ0) is 20.1. The van der Waals surface area contributed by atoms with E-state index in [-0.39, 0.29) is 42.1 Å². The Kier molecular flexibility index (Phi) is 4.28. The largest absolute Gasteiger partial charge is 0.394 e. The molecule has 29 heavy (non-hydrogen) atoms. The number of amides is 3. The average Bonchev–Trinajstić information content (AvgIpc) is 3.55. The normalized spacial score (nSPS) is 25.0. The standard InChI is InChI=1S/C22H22FN3O3/c23-15-6-2-3-7-16(15)24-22(29)25-11-18-20(14-5-1-4-8-17(14)25)19(12-27)26(18)21(28)13-9-10-13/h1-8,13,18-20,27H,9-12H2,(H,24,29)/t18-,19+,20+/m0/s1. The number of benzene rings is 2. The van der Waals surface area contributed by atoms with Crippen molar-refractivity contribution >= 4 is 23.3 Å². The summed E-state index contributed by atoms with van der Waals surface area (Å²) >= 11 is 0. The summed E-state index contributed by atoms with van der Waals surface area (Å²) < 4.78 is 14.0. The second-order valence-corrected chi connectivity index (χ2v) is 7.94. The van der Waals surface area contributed by atoms with Gasteiger partial charge in [-0.1, -0.05) is 30.3 Å². The lowest BCUT2D eigenvalue weighted by Crippen LogP contribution is -2.71. The van der Waals surface area contributed by atoms with Gasteiger partial charge in [0.05, 0.1) is 24.4 Å². The van der Waals surface area contributed by atoms with Crippen LogP contribution in [-0.2, 0) is 4.79 Å². The third-order valence-electron chi connectivity index (χ3n) is 6.23. The summed E-state index contributed by atoms with van der Waals surface area (Å²) in [6.07, 6.45) is 1.78. The molecule has 7 heteroatoms. The van der Waals surface area contributed by atoms with E-state index in [0.29, 0.717) is 6.54 Å². The van der Waals surface area contributed by atoms with Gasteiger partial charge in [-0.25, -0.2) is 9.18 Å². The summed E-state index contributed by atoms with van der Waals surface area (Å²) in [5.41, 5.74) is 1.79. The minimum absolute atomic E-state index is 0.00332. The van der Waals surface area contributed by atoms with Crippen LogP contribution in [0.1, 0.15) is 24.3 Å². The number of hydrogen-bond donors (Lipinski definition) is 2. The average molecular weight is 395 g/mol. The number of fused-ring (bicyclic) bond motifs is 3. The molecule has 150 valence electrons. The summed E-state index contributed by atoms with van der Waals surface area (Å²) in [6, 6.07) is 12.7. The molecule has 6 nitrogen and oxygen atoms in total. The molecule has 1 saturated carbocycles. The molecule has 0 unspecified atom stereocenters. The SMILES string of the molecule is O=C(Nc1ccccc1F)N1C[C@H]2[C@@H](c3ccccc31)[C@@H](CO)N2C(=O)C1CC1. The van der Waals surface area contributed by atoms with Gasteiger partial charge in [0.25, 0.3) is 0 Å². The minimum Gasteiger partial charge on any atom is -0.394 e.